The zero-order chi connectivity index (χ0) is 11.3. The Morgan fingerprint density at radius 1 is 1.60 bits per heavy atom. The lowest BCUT2D eigenvalue weighted by Crippen LogP contribution is -2.06. The SMILES string of the molecule is CSCCOc1cccc(Cl)c1C(=O)O. The van der Waals surface area contributed by atoms with Gasteiger partial charge in [-0.25, -0.2) is 4.79 Å². The van der Waals surface area contributed by atoms with Crippen LogP contribution in [0.2, 0.25) is 5.02 Å². The van der Waals surface area contributed by atoms with Crippen LogP contribution in [0.25, 0.3) is 0 Å². The molecule has 0 spiro atoms. The average molecular weight is 247 g/mol. The van der Waals surface area contributed by atoms with Crippen LogP contribution in [-0.2, 0) is 0 Å². The number of benzene rings is 1. The number of thioether (sulfide) groups is 1. The zero-order valence-electron chi connectivity index (χ0n) is 8.20. The minimum atomic E-state index is -1.07. The first-order valence-electron chi connectivity index (χ1n) is 4.30. The molecule has 0 amide bonds. The molecule has 0 saturated heterocycles. The highest BCUT2D eigenvalue weighted by atomic mass is 35.5. The molecule has 1 aromatic carbocycles. The molecule has 1 N–H and O–H groups in total. The smallest absolute Gasteiger partial charge is 0.341 e. The molecule has 1 rings (SSSR count). The monoisotopic (exact) mass is 246 g/mol. The number of ether oxygens (including phenoxy) is 1. The largest absolute Gasteiger partial charge is 0.492 e. The Kier molecular flexibility index (Phi) is 4.78. The van der Waals surface area contributed by atoms with E-state index >= 15 is 0 Å². The summed E-state index contributed by atoms with van der Waals surface area (Å²) in [5.41, 5.74) is 0.0280. The van der Waals surface area contributed by atoms with Gasteiger partial charge in [-0.15, -0.1) is 0 Å². The number of aromatic carboxylic acids is 1. The molecule has 0 aliphatic heterocycles. The normalized spacial score (nSPS) is 10.0. The van der Waals surface area contributed by atoms with Crippen LogP contribution in [0.1, 0.15) is 10.4 Å². The molecule has 3 nitrogen and oxygen atoms in total. The summed E-state index contributed by atoms with van der Waals surface area (Å²) in [4.78, 5) is 10.9. The fourth-order valence-corrected chi connectivity index (χ4v) is 1.56. The molecule has 0 atom stereocenters. The predicted molar refractivity (Wildman–Crippen MR) is 62.3 cm³/mol. The van der Waals surface area contributed by atoms with E-state index in [1.165, 1.54) is 6.07 Å². The number of hydrogen-bond donors (Lipinski definition) is 1. The second kappa shape index (κ2) is 5.88. The summed E-state index contributed by atoms with van der Waals surface area (Å²) in [6, 6.07) is 4.81. The Morgan fingerprint density at radius 3 is 2.93 bits per heavy atom. The maximum Gasteiger partial charge on any atom is 0.341 e. The van der Waals surface area contributed by atoms with Gasteiger partial charge in [-0.2, -0.15) is 11.8 Å². The maximum absolute atomic E-state index is 10.9. The van der Waals surface area contributed by atoms with Crippen molar-refractivity contribution in [3.8, 4) is 5.75 Å². The highest BCUT2D eigenvalue weighted by Gasteiger charge is 2.14. The summed E-state index contributed by atoms with van der Waals surface area (Å²) in [5, 5.41) is 9.13. The molecule has 5 heteroatoms. The molecule has 0 bridgehead atoms. The molecule has 0 radical (unpaired) electrons. The Hall–Kier alpha value is -0.870. The van der Waals surface area contributed by atoms with Gasteiger partial charge in [0, 0.05) is 5.75 Å². The van der Waals surface area contributed by atoms with E-state index in [0.29, 0.717) is 12.4 Å². The molecule has 0 aliphatic carbocycles. The van der Waals surface area contributed by atoms with Crippen molar-refractivity contribution in [2.24, 2.45) is 0 Å². The highest BCUT2D eigenvalue weighted by molar-refractivity contribution is 7.98. The Bertz CT molecular complexity index is 355. The molecule has 0 aromatic heterocycles. The van der Waals surface area contributed by atoms with E-state index in [9.17, 15) is 4.79 Å². The van der Waals surface area contributed by atoms with Crippen LogP contribution in [-0.4, -0.2) is 29.7 Å². The van der Waals surface area contributed by atoms with Crippen LogP contribution in [0.3, 0.4) is 0 Å². The topological polar surface area (TPSA) is 46.5 Å². The van der Waals surface area contributed by atoms with Crippen LogP contribution in [0.5, 0.6) is 5.75 Å². The Morgan fingerprint density at radius 2 is 2.33 bits per heavy atom. The second-order valence-corrected chi connectivity index (χ2v) is 4.15. The number of carboxylic acid groups (broad SMARTS) is 1. The molecule has 82 valence electrons. The van der Waals surface area contributed by atoms with Crippen LogP contribution in [0, 0.1) is 0 Å². The summed E-state index contributed by atoms with van der Waals surface area (Å²) in [6.07, 6.45) is 1.96. The van der Waals surface area contributed by atoms with Crippen molar-refractivity contribution in [2.45, 2.75) is 0 Å². The molecular weight excluding hydrogens is 236 g/mol. The van der Waals surface area contributed by atoms with Gasteiger partial charge in [0.05, 0.1) is 11.6 Å². The van der Waals surface area contributed by atoms with Crippen molar-refractivity contribution in [2.75, 3.05) is 18.6 Å². The molecule has 0 fully saturated rings. The first-order chi connectivity index (χ1) is 7.16. The van der Waals surface area contributed by atoms with Gasteiger partial charge in [0.2, 0.25) is 0 Å². The first-order valence-corrected chi connectivity index (χ1v) is 6.07. The van der Waals surface area contributed by atoms with Gasteiger partial charge in [0.15, 0.2) is 0 Å². The third kappa shape index (κ3) is 3.32. The number of rotatable bonds is 5. The number of carbonyl (C=O) groups is 1. The number of carboxylic acids is 1. The third-order valence-corrected chi connectivity index (χ3v) is 2.62. The average Bonchev–Trinajstić information content (AvgIpc) is 2.17. The summed E-state index contributed by atoms with van der Waals surface area (Å²) >= 11 is 7.41. The lowest BCUT2D eigenvalue weighted by Gasteiger charge is -2.09. The highest BCUT2D eigenvalue weighted by Crippen LogP contribution is 2.26. The van der Waals surface area contributed by atoms with Crippen molar-refractivity contribution in [1.82, 2.24) is 0 Å². The lowest BCUT2D eigenvalue weighted by molar-refractivity contribution is 0.0693. The van der Waals surface area contributed by atoms with Gasteiger partial charge in [0.25, 0.3) is 0 Å². The van der Waals surface area contributed by atoms with E-state index < -0.39 is 5.97 Å². The summed E-state index contributed by atoms with van der Waals surface area (Å²) in [6.45, 7) is 0.474. The second-order valence-electron chi connectivity index (χ2n) is 2.76. The van der Waals surface area contributed by atoms with E-state index in [4.69, 9.17) is 21.4 Å². The van der Waals surface area contributed by atoms with E-state index in [1.54, 1.807) is 23.9 Å². The first kappa shape index (κ1) is 12.2. The molecular formula is C10H11ClO3S. The van der Waals surface area contributed by atoms with Gasteiger partial charge in [0.1, 0.15) is 11.3 Å². The zero-order valence-corrected chi connectivity index (χ0v) is 9.77. The van der Waals surface area contributed by atoms with Gasteiger partial charge in [-0.3, -0.25) is 0 Å². The van der Waals surface area contributed by atoms with Crippen molar-refractivity contribution in [3.05, 3.63) is 28.8 Å². The quantitative estimate of drug-likeness (QED) is 0.812. The minimum Gasteiger partial charge on any atom is -0.492 e. The summed E-state index contributed by atoms with van der Waals surface area (Å²) in [5.74, 6) is 0.0646. The molecule has 0 heterocycles. The molecule has 1 aromatic rings. The van der Waals surface area contributed by atoms with Crippen molar-refractivity contribution in [1.29, 1.82) is 0 Å². The van der Waals surface area contributed by atoms with Crippen molar-refractivity contribution in [3.63, 3.8) is 0 Å². The van der Waals surface area contributed by atoms with Gasteiger partial charge < -0.3 is 9.84 Å². The summed E-state index contributed by atoms with van der Waals surface area (Å²) < 4.78 is 5.33. The van der Waals surface area contributed by atoms with Crippen LogP contribution in [0.15, 0.2) is 18.2 Å². The molecule has 0 aliphatic rings. The Labute approximate surface area is 97.4 Å². The minimum absolute atomic E-state index is 0.0280. The van der Waals surface area contributed by atoms with Crippen LogP contribution >= 0.6 is 23.4 Å². The maximum atomic E-state index is 10.9. The van der Waals surface area contributed by atoms with Gasteiger partial charge in [-0.1, -0.05) is 17.7 Å². The third-order valence-electron chi connectivity index (χ3n) is 1.73. The fourth-order valence-electron chi connectivity index (χ4n) is 1.07. The summed E-state index contributed by atoms with van der Waals surface area (Å²) in [7, 11) is 0. The Balaban J connectivity index is 2.86. The van der Waals surface area contributed by atoms with E-state index in [-0.39, 0.29) is 10.6 Å². The van der Waals surface area contributed by atoms with E-state index in [2.05, 4.69) is 0 Å². The molecule has 15 heavy (non-hydrogen) atoms. The van der Waals surface area contributed by atoms with Crippen LogP contribution < -0.4 is 4.74 Å². The van der Waals surface area contributed by atoms with Gasteiger partial charge in [-0.05, 0) is 18.4 Å². The predicted octanol–water partition coefficient (Wildman–Crippen LogP) is 2.78. The number of halogens is 1. The molecule has 0 unspecified atom stereocenters. The van der Waals surface area contributed by atoms with Crippen molar-refractivity contribution < 1.29 is 14.6 Å². The van der Waals surface area contributed by atoms with Gasteiger partial charge >= 0.3 is 5.97 Å². The van der Waals surface area contributed by atoms with Crippen LogP contribution in [0.4, 0.5) is 0 Å². The van der Waals surface area contributed by atoms with Crippen molar-refractivity contribution >= 4 is 29.3 Å². The fraction of sp³-hybridized carbons (Fsp3) is 0.300. The molecule has 0 saturated carbocycles. The standard InChI is InChI=1S/C10H11ClO3S/c1-15-6-5-14-8-4-2-3-7(11)9(8)10(12)13/h2-4H,5-6H2,1H3,(H,12,13). The number of hydrogen-bond acceptors (Lipinski definition) is 3. The van der Waals surface area contributed by atoms with E-state index in [0.717, 1.165) is 5.75 Å². The lowest BCUT2D eigenvalue weighted by atomic mass is 10.2. The van der Waals surface area contributed by atoms with E-state index in [1.807, 2.05) is 6.26 Å².